The van der Waals surface area contributed by atoms with Crippen molar-refractivity contribution in [3.05, 3.63) is 123 Å². The zero-order chi connectivity index (χ0) is 26.0. The molecule has 37 heavy (non-hydrogen) atoms. The van der Waals surface area contributed by atoms with E-state index in [1.54, 1.807) is 48.5 Å². The lowest BCUT2D eigenvalue weighted by Crippen LogP contribution is -2.40. The number of ether oxygens (including phenoxy) is 3. The maximum Gasteiger partial charge on any atom is 0.323 e. The van der Waals surface area contributed by atoms with Crippen LogP contribution in [-0.4, -0.2) is 18.4 Å². The number of benzene rings is 4. The molecule has 6 nitrogen and oxygen atoms in total. The Morgan fingerprint density at radius 3 is 1.68 bits per heavy atom. The topological polar surface area (TPSA) is 69.2 Å². The van der Waals surface area contributed by atoms with Crippen LogP contribution in [0.5, 0.6) is 17.2 Å². The van der Waals surface area contributed by atoms with E-state index in [4.69, 9.17) is 49.0 Å². The van der Waals surface area contributed by atoms with E-state index < -0.39 is 12.2 Å². The molecule has 0 atom stereocenters. The number of hydrogen-bond donors (Lipinski definition) is 1. The van der Waals surface area contributed by atoms with E-state index in [1.807, 2.05) is 48.5 Å². The predicted octanol–water partition coefficient (Wildman–Crippen LogP) is 7.16. The quantitative estimate of drug-likeness (QED) is 0.128. The summed E-state index contributed by atoms with van der Waals surface area (Å²) in [5.41, 5.74) is 4.21. The van der Waals surface area contributed by atoms with Crippen molar-refractivity contribution in [2.24, 2.45) is 5.10 Å². The summed E-state index contributed by atoms with van der Waals surface area (Å²) in [5, 5.41) is 5.78. The van der Waals surface area contributed by atoms with Crippen molar-refractivity contribution >= 4 is 46.9 Å². The molecule has 4 aromatic carbocycles. The smallest absolute Gasteiger partial charge is 0.323 e. The first-order valence-corrected chi connectivity index (χ1v) is 12.2. The molecule has 0 aromatic heterocycles. The molecule has 1 amide bonds. The van der Waals surface area contributed by atoms with Crippen LogP contribution < -0.4 is 19.6 Å². The fourth-order valence-electron chi connectivity index (χ4n) is 3.03. The van der Waals surface area contributed by atoms with E-state index in [1.165, 1.54) is 6.21 Å². The van der Waals surface area contributed by atoms with E-state index in [0.717, 1.165) is 11.1 Å². The van der Waals surface area contributed by atoms with E-state index >= 15 is 0 Å². The zero-order valence-corrected chi connectivity index (χ0v) is 21.6. The Labute approximate surface area is 229 Å². The summed E-state index contributed by atoms with van der Waals surface area (Å²) in [6.45, 7) is 0.420. The molecule has 188 valence electrons. The predicted molar refractivity (Wildman–Crippen MR) is 146 cm³/mol. The molecule has 0 fully saturated rings. The van der Waals surface area contributed by atoms with Gasteiger partial charge in [0, 0.05) is 15.1 Å². The van der Waals surface area contributed by atoms with Crippen molar-refractivity contribution in [3.8, 4) is 17.2 Å². The summed E-state index contributed by atoms with van der Waals surface area (Å²) < 4.78 is 17.2. The lowest BCUT2D eigenvalue weighted by molar-refractivity contribution is -0.140. The van der Waals surface area contributed by atoms with Crippen LogP contribution in [-0.2, 0) is 11.4 Å². The van der Waals surface area contributed by atoms with Crippen LogP contribution in [0.3, 0.4) is 0 Å². The minimum Gasteiger partial charge on any atom is -0.489 e. The third kappa shape index (κ3) is 8.43. The Morgan fingerprint density at radius 2 is 1.16 bits per heavy atom. The van der Waals surface area contributed by atoms with Crippen molar-refractivity contribution in [1.29, 1.82) is 0 Å². The summed E-state index contributed by atoms with van der Waals surface area (Å²) in [6.07, 6.45) is 0.186. The number of amides is 1. The second-order valence-electron chi connectivity index (χ2n) is 7.69. The van der Waals surface area contributed by atoms with E-state index in [9.17, 15) is 4.79 Å². The molecular formula is C28H21Cl3N2O4. The van der Waals surface area contributed by atoms with Gasteiger partial charge in [-0.25, -0.2) is 5.43 Å². The molecule has 0 spiro atoms. The first-order chi connectivity index (χ1) is 17.9. The molecule has 4 rings (SSSR count). The van der Waals surface area contributed by atoms with Gasteiger partial charge in [0.1, 0.15) is 23.9 Å². The first kappa shape index (κ1) is 26.4. The third-order valence-electron chi connectivity index (χ3n) is 4.91. The van der Waals surface area contributed by atoms with Gasteiger partial charge < -0.3 is 14.2 Å². The van der Waals surface area contributed by atoms with Gasteiger partial charge in [0.25, 0.3) is 0 Å². The highest BCUT2D eigenvalue weighted by molar-refractivity contribution is 6.31. The highest BCUT2D eigenvalue weighted by Crippen LogP contribution is 2.21. The van der Waals surface area contributed by atoms with Gasteiger partial charge in [-0.2, -0.15) is 5.10 Å². The van der Waals surface area contributed by atoms with Crippen molar-refractivity contribution in [2.75, 3.05) is 0 Å². The summed E-state index contributed by atoms with van der Waals surface area (Å²) in [7, 11) is 0. The van der Waals surface area contributed by atoms with Gasteiger partial charge in [-0.15, -0.1) is 0 Å². The maximum absolute atomic E-state index is 12.8. The van der Waals surface area contributed by atoms with Crippen LogP contribution in [0.2, 0.25) is 15.1 Å². The molecule has 0 bridgehead atoms. The highest BCUT2D eigenvalue weighted by Gasteiger charge is 2.22. The molecule has 9 heteroatoms. The van der Waals surface area contributed by atoms with Crippen molar-refractivity contribution in [3.63, 3.8) is 0 Å². The highest BCUT2D eigenvalue weighted by atomic mass is 35.5. The van der Waals surface area contributed by atoms with Crippen LogP contribution in [0.25, 0.3) is 0 Å². The van der Waals surface area contributed by atoms with Gasteiger partial charge in [-0.05, 0) is 96.1 Å². The molecule has 0 unspecified atom stereocenters. The number of nitrogens with one attached hydrogen (secondary N) is 1. The lowest BCUT2D eigenvalue weighted by Gasteiger charge is -2.19. The summed E-state index contributed by atoms with van der Waals surface area (Å²) in [6, 6.07) is 27.8. The molecule has 1 N–H and O–H groups in total. The van der Waals surface area contributed by atoms with Gasteiger partial charge in [0.15, 0.2) is 0 Å². The maximum atomic E-state index is 12.8. The summed E-state index contributed by atoms with van der Waals surface area (Å²) in [5.74, 6) is 0.890. The molecule has 0 aliphatic carbocycles. The first-order valence-electron chi connectivity index (χ1n) is 11.1. The normalized spacial score (nSPS) is 10.9. The van der Waals surface area contributed by atoms with Crippen LogP contribution in [0, 0.1) is 0 Å². The molecule has 0 saturated carbocycles. The average Bonchev–Trinajstić information content (AvgIpc) is 2.91. The summed E-state index contributed by atoms with van der Waals surface area (Å²) >= 11 is 17.8. The van der Waals surface area contributed by atoms with Crippen LogP contribution >= 0.6 is 34.8 Å². The molecule has 4 aromatic rings. The number of carbonyl (C=O) groups excluding carboxylic acids is 1. The Bertz CT molecular complexity index is 1280. The van der Waals surface area contributed by atoms with Gasteiger partial charge in [0.05, 0.1) is 6.21 Å². The number of halogens is 3. The Balaban J connectivity index is 1.35. The average molecular weight is 556 g/mol. The molecule has 0 saturated heterocycles. The molecule has 0 aliphatic heterocycles. The molecule has 0 heterocycles. The van der Waals surface area contributed by atoms with Crippen molar-refractivity contribution < 1.29 is 19.0 Å². The number of nitrogens with zero attached hydrogens (tertiary/aromatic N) is 1. The Kier molecular flexibility index (Phi) is 9.27. The Hall–Kier alpha value is -3.71. The van der Waals surface area contributed by atoms with E-state index in [0.29, 0.717) is 38.9 Å². The van der Waals surface area contributed by atoms with E-state index in [-0.39, 0.29) is 0 Å². The fraction of sp³-hybridized carbons (Fsp3) is 0.0714. The van der Waals surface area contributed by atoms with Gasteiger partial charge in [-0.3, -0.25) is 4.79 Å². The summed E-state index contributed by atoms with van der Waals surface area (Å²) in [4.78, 5) is 12.8. The zero-order valence-electron chi connectivity index (χ0n) is 19.3. The number of rotatable bonds is 10. The van der Waals surface area contributed by atoms with Crippen molar-refractivity contribution in [1.82, 2.24) is 5.43 Å². The molecule has 0 aliphatic rings. The molecule has 0 radical (unpaired) electrons. The van der Waals surface area contributed by atoms with Crippen LogP contribution in [0.1, 0.15) is 11.1 Å². The number of hydrogen-bond acceptors (Lipinski definition) is 5. The third-order valence-corrected chi connectivity index (χ3v) is 5.67. The van der Waals surface area contributed by atoms with Crippen LogP contribution in [0.4, 0.5) is 0 Å². The number of hydrazone groups is 1. The van der Waals surface area contributed by atoms with Crippen LogP contribution in [0.15, 0.2) is 102 Å². The second-order valence-corrected chi connectivity index (χ2v) is 9.00. The van der Waals surface area contributed by atoms with Gasteiger partial charge in [-0.1, -0.05) is 46.9 Å². The standard InChI is InChI=1S/C28H21Cl3N2O4/c29-21-5-1-20(2-6-21)18-35-24-11-3-19(4-12-24)17-32-33-27(34)28(36-25-13-7-22(30)8-14-25)37-26-15-9-23(31)10-16-26/h1-17,28H,18H2,(H,33,34)/b32-17+. The monoisotopic (exact) mass is 554 g/mol. The Morgan fingerprint density at radius 1 is 0.703 bits per heavy atom. The largest absolute Gasteiger partial charge is 0.489 e. The lowest BCUT2D eigenvalue weighted by atomic mass is 10.2. The van der Waals surface area contributed by atoms with E-state index in [2.05, 4.69) is 10.5 Å². The second kappa shape index (κ2) is 13.0. The van der Waals surface area contributed by atoms with Gasteiger partial charge >= 0.3 is 12.2 Å². The minimum absolute atomic E-state index is 0.400. The van der Waals surface area contributed by atoms with Crippen molar-refractivity contribution in [2.45, 2.75) is 12.9 Å². The molecular weight excluding hydrogens is 535 g/mol. The minimum atomic E-state index is -1.32. The van der Waals surface area contributed by atoms with Gasteiger partial charge in [0.2, 0.25) is 0 Å². The SMILES string of the molecule is O=C(N/N=C/c1ccc(OCc2ccc(Cl)cc2)cc1)C(Oc1ccc(Cl)cc1)Oc1ccc(Cl)cc1. The fourth-order valence-corrected chi connectivity index (χ4v) is 3.40. The number of carbonyl (C=O) groups is 1.